The van der Waals surface area contributed by atoms with E-state index in [1.165, 1.54) is 27.0 Å². The third-order valence-electron chi connectivity index (χ3n) is 6.08. The van der Waals surface area contributed by atoms with Crippen molar-refractivity contribution in [3.8, 4) is 0 Å². The van der Waals surface area contributed by atoms with E-state index in [4.69, 9.17) is 4.98 Å². The lowest BCUT2D eigenvalue weighted by molar-refractivity contribution is -0.121. The van der Waals surface area contributed by atoms with Gasteiger partial charge >= 0.3 is 0 Å². The van der Waals surface area contributed by atoms with Crippen LogP contribution in [0.1, 0.15) is 29.7 Å². The lowest BCUT2D eigenvalue weighted by Gasteiger charge is -2.28. The van der Waals surface area contributed by atoms with Gasteiger partial charge in [-0.3, -0.25) is 14.7 Å². The van der Waals surface area contributed by atoms with Gasteiger partial charge in [-0.2, -0.15) is 4.31 Å². The van der Waals surface area contributed by atoms with Crippen LogP contribution in [0.3, 0.4) is 0 Å². The van der Waals surface area contributed by atoms with Gasteiger partial charge in [-0.05, 0) is 73.5 Å². The van der Waals surface area contributed by atoms with Gasteiger partial charge in [0.15, 0.2) is 5.13 Å². The SMILES string of the molecule is Cc1cc2nc(N(Cc3ccccn3)C(=O)C3CCCN3S(=O)(=O)c3cccs3)sc2cc1C. The molecule has 0 saturated carbocycles. The summed E-state index contributed by atoms with van der Waals surface area (Å²) >= 11 is 2.61. The standard InChI is InChI=1S/C24H24N4O3S3/c1-16-13-19-21(14-17(16)2)33-24(26-19)27(15-18-7-3-4-10-25-18)23(29)20-8-5-11-28(20)34(30,31)22-9-6-12-32-22/h3-4,6-7,9-10,12-14,20H,5,8,11,15H2,1-2H3. The van der Waals surface area contributed by atoms with Crippen LogP contribution >= 0.6 is 22.7 Å². The van der Waals surface area contributed by atoms with E-state index in [1.807, 2.05) is 31.2 Å². The highest BCUT2D eigenvalue weighted by Crippen LogP contribution is 2.35. The maximum absolute atomic E-state index is 13.9. The van der Waals surface area contributed by atoms with Crippen LogP contribution in [0.4, 0.5) is 5.13 Å². The summed E-state index contributed by atoms with van der Waals surface area (Å²) in [5, 5.41) is 2.29. The fourth-order valence-corrected chi connectivity index (χ4v) is 7.98. The van der Waals surface area contributed by atoms with Crippen LogP contribution in [-0.2, 0) is 21.4 Å². The Morgan fingerprint density at radius 1 is 1.18 bits per heavy atom. The highest BCUT2D eigenvalue weighted by Gasteiger charge is 2.42. The molecule has 5 rings (SSSR count). The molecular weight excluding hydrogens is 488 g/mol. The number of sulfonamides is 1. The highest BCUT2D eigenvalue weighted by molar-refractivity contribution is 7.91. The number of thiophene rings is 1. The summed E-state index contributed by atoms with van der Waals surface area (Å²) in [6.45, 7) is 4.64. The lowest BCUT2D eigenvalue weighted by atomic mass is 10.1. The van der Waals surface area contributed by atoms with Crippen LogP contribution in [0.2, 0.25) is 0 Å². The summed E-state index contributed by atoms with van der Waals surface area (Å²) in [6.07, 6.45) is 2.80. The Morgan fingerprint density at radius 3 is 2.74 bits per heavy atom. The number of fused-ring (bicyclic) bond motifs is 1. The first kappa shape index (κ1) is 23.1. The van der Waals surface area contributed by atoms with Crippen molar-refractivity contribution >= 4 is 54.0 Å². The van der Waals surface area contributed by atoms with Crippen molar-refractivity contribution < 1.29 is 13.2 Å². The van der Waals surface area contributed by atoms with Crippen LogP contribution in [-0.4, -0.2) is 41.2 Å². The normalized spacial score (nSPS) is 16.8. The maximum atomic E-state index is 13.9. The molecule has 1 saturated heterocycles. The van der Waals surface area contributed by atoms with E-state index in [0.717, 1.165) is 21.3 Å². The van der Waals surface area contributed by atoms with Crippen molar-refractivity contribution in [2.24, 2.45) is 0 Å². The average molecular weight is 513 g/mol. The number of amides is 1. The van der Waals surface area contributed by atoms with Gasteiger partial charge in [0.25, 0.3) is 10.0 Å². The molecule has 1 aliphatic rings. The summed E-state index contributed by atoms with van der Waals surface area (Å²) in [6, 6.07) is 12.2. The summed E-state index contributed by atoms with van der Waals surface area (Å²) in [4.78, 5) is 24.7. The number of anilines is 1. The van der Waals surface area contributed by atoms with Gasteiger partial charge < -0.3 is 0 Å². The number of aromatic nitrogens is 2. The molecule has 34 heavy (non-hydrogen) atoms. The third-order valence-corrected chi connectivity index (χ3v) is 10.4. The Hall–Kier alpha value is -2.66. The van der Waals surface area contributed by atoms with E-state index in [9.17, 15) is 13.2 Å². The number of rotatable bonds is 6. The fraction of sp³-hybridized carbons (Fsp3) is 0.292. The zero-order chi connectivity index (χ0) is 23.9. The van der Waals surface area contributed by atoms with Crippen LogP contribution in [0, 0.1) is 13.8 Å². The van der Waals surface area contributed by atoms with Gasteiger partial charge in [0, 0.05) is 12.7 Å². The second-order valence-corrected chi connectivity index (χ2v) is 12.4. The van der Waals surface area contributed by atoms with Gasteiger partial charge in [-0.1, -0.05) is 23.5 Å². The molecule has 3 aromatic heterocycles. The van der Waals surface area contributed by atoms with Gasteiger partial charge in [0.05, 0.1) is 22.5 Å². The van der Waals surface area contributed by atoms with Gasteiger partial charge in [0.1, 0.15) is 10.3 Å². The molecule has 10 heteroatoms. The summed E-state index contributed by atoms with van der Waals surface area (Å²) in [5.41, 5.74) is 3.84. The summed E-state index contributed by atoms with van der Waals surface area (Å²) < 4.78 is 29.2. The molecule has 1 amide bonds. The van der Waals surface area contributed by atoms with Gasteiger partial charge in [-0.15, -0.1) is 11.3 Å². The molecule has 1 aliphatic heterocycles. The van der Waals surface area contributed by atoms with E-state index in [1.54, 1.807) is 28.6 Å². The highest BCUT2D eigenvalue weighted by atomic mass is 32.2. The van der Waals surface area contributed by atoms with E-state index < -0.39 is 16.1 Å². The number of hydrogen-bond acceptors (Lipinski definition) is 7. The molecule has 0 aliphatic carbocycles. The first-order chi connectivity index (χ1) is 16.3. The average Bonchev–Trinajstić information content (AvgIpc) is 3.59. The molecule has 1 atom stereocenters. The molecule has 1 aromatic carbocycles. The molecule has 0 spiro atoms. The Labute approximate surface area is 206 Å². The van der Waals surface area contributed by atoms with Gasteiger partial charge in [-0.25, -0.2) is 13.4 Å². The molecule has 1 fully saturated rings. The Bertz CT molecular complexity index is 1390. The number of nitrogens with zero attached hydrogens (tertiary/aromatic N) is 4. The van der Waals surface area contributed by atoms with Crippen molar-refractivity contribution in [2.45, 2.75) is 43.5 Å². The predicted molar refractivity (Wildman–Crippen MR) is 136 cm³/mol. The second-order valence-electron chi connectivity index (χ2n) is 8.35. The Kier molecular flexibility index (Phi) is 6.24. The van der Waals surface area contributed by atoms with Crippen molar-refractivity contribution in [3.05, 3.63) is 70.9 Å². The summed E-state index contributed by atoms with van der Waals surface area (Å²) in [5.74, 6) is -0.268. The third kappa shape index (κ3) is 4.26. The second kappa shape index (κ2) is 9.18. The van der Waals surface area contributed by atoms with E-state index >= 15 is 0 Å². The first-order valence-corrected chi connectivity index (χ1v) is 14.1. The number of pyridine rings is 1. The minimum atomic E-state index is -3.74. The van der Waals surface area contributed by atoms with Crippen molar-refractivity contribution in [1.82, 2.24) is 14.3 Å². The van der Waals surface area contributed by atoms with E-state index in [-0.39, 0.29) is 16.7 Å². The molecular formula is C24H24N4O3S3. The van der Waals surface area contributed by atoms with E-state index in [2.05, 4.69) is 18.0 Å². The molecule has 7 nitrogen and oxygen atoms in total. The quantitative estimate of drug-likeness (QED) is 0.372. The smallest absolute Gasteiger partial charge is 0.253 e. The topological polar surface area (TPSA) is 83.5 Å². The van der Waals surface area contributed by atoms with Crippen LogP contribution in [0.25, 0.3) is 10.2 Å². The zero-order valence-electron chi connectivity index (χ0n) is 18.8. The monoisotopic (exact) mass is 512 g/mol. The maximum Gasteiger partial charge on any atom is 0.253 e. The molecule has 176 valence electrons. The number of carbonyl (C=O) groups excluding carboxylic acids is 1. The molecule has 4 aromatic rings. The Morgan fingerprint density at radius 2 is 2.00 bits per heavy atom. The van der Waals surface area contributed by atoms with Crippen LogP contribution < -0.4 is 4.90 Å². The zero-order valence-corrected chi connectivity index (χ0v) is 21.3. The molecule has 0 bridgehead atoms. The predicted octanol–water partition coefficient (Wildman–Crippen LogP) is 4.76. The van der Waals surface area contributed by atoms with Crippen LogP contribution in [0.15, 0.2) is 58.3 Å². The van der Waals surface area contributed by atoms with E-state index in [0.29, 0.717) is 30.2 Å². The minimum Gasteiger partial charge on any atom is -0.281 e. The lowest BCUT2D eigenvalue weighted by Crippen LogP contribution is -2.47. The molecule has 4 heterocycles. The largest absolute Gasteiger partial charge is 0.281 e. The number of benzene rings is 1. The molecule has 1 unspecified atom stereocenters. The minimum absolute atomic E-state index is 0.223. The molecule has 0 radical (unpaired) electrons. The first-order valence-electron chi connectivity index (χ1n) is 11.0. The van der Waals surface area contributed by atoms with Crippen molar-refractivity contribution in [2.75, 3.05) is 11.4 Å². The van der Waals surface area contributed by atoms with Crippen molar-refractivity contribution in [1.29, 1.82) is 0 Å². The van der Waals surface area contributed by atoms with Gasteiger partial charge in [0.2, 0.25) is 5.91 Å². The van der Waals surface area contributed by atoms with Crippen LogP contribution in [0.5, 0.6) is 0 Å². The number of thiazole rings is 1. The molecule has 0 N–H and O–H groups in total. The number of aryl methyl sites for hydroxylation is 2. The number of hydrogen-bond donors (Lipinski definition) is 0. The fourth-order valence-electron chi connectivity index (χ4n) is 4.16. The number of carbonyl (C=O) groups is 1. The Balaban J connectivity index is 1.54. The van der Waals surface area contributed by atoms with Crippen molar-refractivity contribution in [3.63, 3.8) is 0 Å². The summed E-state index contributed by atoms with van der Waals surface area (Å²) in [7, 11) is -3.74.